The van der Waals surface area contributed by atoms with Crippen molar-refractivity contribution in [1.29, 1.82) is 0 Å². The van der Waals surface area contributed by atoms with Crippen molar-refractivity contribution in [1.82, 2.24) is 4.57 Å². The quantitative estimate of drug-likeness (QED) is 0.372. The molecule has 0 spiro atoms. The summed E-state index contributed by atoms with van der Waals surface area (Å²) in [4.78, 5) is 23.9. The van der Waals surface area contributed by atoms with E-state index in [9.17, 15) is 40.1 Å². The molecule has 0 aliphatic carbocycles. The number of hydrogen-bond donors (Lipinski definition) is 2. The normalized spacial score (nSPS) is 13.3. The fraction of sp³-hybridized carbons (Fsp3) is 0.158. The largest absolute Gasteiger partial charge is 0.417 e. The Morgan fingerprint density at radius 1 is 1.21 bits per heavy atom. The number of rotatable bonds is 6. The molecule has 1 unspecified atom stereocenters. The summed E-state index contributed by atoms with van der Waals surface area (Å²) >= 11 is 6.58. The summed E-state index contributed by atoms with van der Waals surface area (Å²) < 4.78 is 87.5. The number of alkyl halides is 3. The zero-order valence-corrected chi connectivity index (χ0v) is 18.5. The number of benzene rings is 2. The highest BCUT2D eigenvalue weighted by molar-refractivity contribution is 7.99. The number of amides is 1. The zero-order chi connectivity index (χ0) is 24.7. The van der Waals surface area contributed by atoms with Crippen LogP contribution < -0.4 is 11.3 Å². The molecule has 1 amide bonds. The van der Waals surface area contributed by atoms with Crippen LogP contribution >= 0.6 is 23.4 Å². The summed E-state index contributed by atoms with van der Waals surface area (Å²) in [6.07, 6.45) is -5.07. The minimum atomic E-state index is -5.07. The molecule has 0 fully saturated rings. The molecule has 176 valence electrons. The Morgan fingerprint density at radius 3 is 2.42 bits per heavy atom. The molecule has 7 nitrogen and oxygen atoms in total. The number of nitrogens with zero attached hydrogens (tertiary/aromatic N) is 1. The topological polar surface area (TPSA) is 119 Å². The second-order valence-electron chi connectivity index (χ2n) is 6.68. The Hall–Kier alpha value is -2.61. The van der Waals surface area contributed by atoms with Crippen LogP contribution in [0.3, 0.4) is 0 Å². The van der Waals surface area contributed by atoms with Crippen LogP contribution in [-0.2, 0) is 26.8 Å². The van der Waals surface area contributed by atoms with Gasteiger partial charge in [-0.3, -0.25) is 18.7 Å². The highest BCUT2D eigenvalue weighted by Crippen LogP contribution is 2.37. The standard InChI is InChI=1S/C19H13ClF4N2O5S2/c20-13-2-1-3-14(21)11(13)8-32-18(17(25)28)26-15-5-4-9(33(29,30)31)6-10(15)12(7-16(26)27)19(22,23)24/h1-7,18H,8H2,(H2,25,28)(H,29,30,31). The van der Waals surface area contributed by atoms with Gasteiger partial charge in [-0.25, -0.2) is 4.39 Å². The van der Waals surface area contributed by atoms with Crippen LogP contribution in [-0.4, -0.2) is 23.4 Å². The minimum Gasteiger partial charge on any atom is -0.367 e. The van der Waals surface area contributed by atoms with E-state index in [1.165, 1.54) is 12.1 Å². The number of carbonyl (C=O) groups is 1. The van der Waals surface area contributed by atoms with Gasteiger partial charge in [0.25, 0.3) is 21.6 Å². The van der Waals surface area contributed by atoms with E-state index >= 15 is 0 Å². The van der Waals surface area contributed by atoms with Crippen molar-refractivity contribution in [3.8, 4) is 0 Å². The lowest BCUT2D eigenvalue weighted by Gasteiger charge is -2.21. The highest BCUT2D eigenvalue weighted by atomic mass is 35.5. The lowest BCUT2D eigenvalue weighted by Crippen LogP contribution is -2.33. The number of pyridine rings is 1. The Labute approximate surface area is 192 Å². The number of nitrogens with two attached hydrogens (primary N) is 1. The number of hydrogen-bond acceptors (Lipinski definition) is 5. The average Bonchev–Trinajstić information content (AvgIpc) is 2.68. The first-order valence-electron chi connectivity index (χ1n) is 8.79. The Balaban J connectivity index is 2.24. The summed E-state index contributed by atoms with van der Waals surface area (Å²) in [5.41, 5.74) is 2.16. The van der Waals surface area contributed by atoms with Gasteiger partial charge in [0.2, 0.25) is 0 Å². The molecule has 1 aromatic heterocycles. The second-order valence-corrected chi connectivity index (χ2v) is 9.58. The van der Waals surface area contributed by atoms with Crippen LogP contribution in [0.15, 0.2) is 52.2 Å². The first kappa shape index (κ1) is 25.0. The van der Waals surface area contributed by atoms with Gasteiger partial charge in [0.05, 0.1) is 16.0 Å². The van der Waals surface area contributed by atoms with Gasteiger partial charge in [-0.05, 0) is 30.3 Å². The van der Waals surface area contributed by atoms with Crippen LogP contribution in [0, 0.1) is 5.82 Å². The van der Waals surface area contributed by atoms with E-state index in [-0.39, 0.29) is 22.4 Å². The summed E-state index contributed by atoms with van der Waals surface area (Å²) in [7, 11) is -4.88. The van der Waals surface area contributed by atoms with Crippen molar-refractivity contribution in [2.24, 2.45) is 5.73 Å². The van der Waals surface area contributed by atoms with E-state index in [0.29, 0.717) is 22.4 Å². The van der Waals surface area contributed by atoms with E-state index in [4.69, 9.17) is 17.3 Å². The Morgan fingerprint density at radius 2 is 1.88 bits per heavy atom. The van der Waals surface area contributed by atoms with E-state index in [2.05, 4.69) is 0 Å². The van der Waals surface area contributed by atoms with Gasteiger partial charge in [0.1, 0.15) is 5.82 Å². The molecule has 0 saturated heterocycles. The fourth-order valence-corrected chi connectivity index (χ4v) is 5.05. The molecular weight excluding hydrogens is 512 g/mol. The number of fused-ring (bicyclic) bond motifs is 1. The maximum absolute atomic E-state index is 14.1. The lowest BCUT2D eigenvalue weighted by atomic mass is 10.1. The molecule has 3 aromatic rings. The number of thioether (sulfide) groups is 1. The lowest BCUT2D eigenvalue weighted by molar-refractivity contribution is -0.136. The van der Waals surface area contributed by atoms with Crippen molar-refractivity contribution in [3.63, 3.8) is 0 Å². The molecule has 14 heteroatoms. The third-order valence-corrected chi connectivity index (χ3v) is 6.97. The van der Waals surface area contributed by atoms with Gasteiger partial charge in [-0.2, -0.15) is 21.6 Å². The van der Waals surface area contributed by atoms with Crippen LogP contribution in [0.5, 0.6) is 0 Å². The number of primary amides is 1. The van der Waals surface area contributed by atoms with Crippen LogP contribution in [0.25, 0.3) is 10.9 Å². The molecule has 1 atom stereocenters. The molecule has 0 saturated carbocycles. The van der Waals surface area contributed by atoms with Crippen LogP contribution in [0.2, 0.25) is 5.02 Å². The molecule has 0 aliphatic heterocycles. The van der Waals surface area contributed by atoms with Crippen molar-refractivity contribution >= 4 is 50.3 Å². The van der Waals surface area contributed by atoms with Crippen molar-refractivity contribution in [2.75, 3.05) is 0 Å². The van der Waals surface area contributed by atoms with Gasteiger partial charge < -0.3 is 5.73 Å². The number of halogens is 5. The first-order valence-corrected chi connectivity index (χ1v) is 11.7. The van der Waals surface area contributed by atoms with Crippen LogP contribution in [0.4, 0.5) is 17.6 Å². The number of aromatic nitrogens is 1. The monoisotopic (exact) mass is 524 g/mol. The van der Waals surface area contributed by atoms with Gasteiger partial charge in [0, 0.05) is 27.8 Å². The fourth-order valence-electron chi connectivity index (χ4n) is 3.08. The molecule has 3 N–H and O–H groups in total. The molecule has 2 aromatic carbocycles. The second kappa shape index (κ2) is 8.97. The minimum absolute atomic E-state index is 0.0201. The zero-order valence-electron chi connectivity index (χ0n) is 16.1. The molecule has 0 radical (unpaired) electrons. The van der Waals surface area contributed by atoms with Gasteiger partial charge in [-0.15, -0.1) is 11.8 Å². The van der Waals surface area contributed by atoms with Gasteiger partial charge in [-0.1, -0.05) is 17.7 Å². The van der Waals surface area contributed by atoms with Gasteiger partial charge >= 0.3 is 6.18 Å². The molecule has 0 aliphatic rings. The molecular formula is C19H13ClF4N2O5S2. The molecule has 0 bridgehead atoms. The van der Waals surface area contributed by atoms with Crippen molar-refractivity contribution < 1.29 is 35.3 Å². The Bertz CT molecular complexity index is 1400. The maximum Gasteiger partial charge on any atom is 0.417 e. The Kier molecular flexibility index (Phi) is 6.80. The third kappa shape index (κ3) is 5.16. The molecule has 3 rings (SSSR count). The highest BCUT2D eigenvalue weighted by Gasteiger charge is 2.35. The summed E-state index contributed by atoms with van der Waals surface area (Å²) in [5, 5.41) is -2.35. The smallest absolute Gasteiger partial charge is 0.367 e. The first-order chi connectivity index (χ1) is 15.2. The average molecular weight is 525 g/mol. The van der Waals surface area contributed by atoms with E-state index in [0.717, 1.165) is 18.2 Å². The maximum atomic E-state index is 14.1. The van der Waals surface area contributed by atoms with Gasteiger partial charge in [0.15, 0.2) is 5.37 Å². The third-order valence-electron chi connectivity index (χ3n) is 4.55. The summed E-state index contributed by atoms with van der Waals surface area (Å²) in [6, 6.07) is 6.15. The predicted molar refractivity (Wildman–Crippen MR) is 114 cm³/mol. The summed E-state index contributed by atoms with van der Waals surface area (Å²) in [6.45, 7) is 0. The van der Waals surface area contributed by atoms with E-state index < -0.39 is 60.3 Å². The molecule has 33 heavy (non-hydrogen) atoms. The summed E-state index contributed by atoms with van der Waals surface area (Å²) in [5.74, 6) is -2.10. The van der Waals surface area contributed by atoms with Crippen LogP contribution in [0.1, 0.15) is 16.5 Å². The van der Waals surface area contributed by atoms with Crippen molar-refractivity contribution in [3.05, 3.63) is 74.8 Å². The van der Waals surface area contributed by atoms with E-state index in [1.807, 2.05) is 0 Å². The van der Waals surface area contributed by atoms with E-state index in [1.54, 1.807) is 0 Å². The SMILES string of the molecule is NC(=O)C(SCc1c(F)cccc1Cl)n1c(=O)cc(C(F)(F)F)c2cc(S(=O)(=O)O)ccc21. The molecule has 1 heterocycles. The predicted octanol–water partition coefficient (Wildman–Crippen LogP) is 3.98. The van der Waals surface area contributed by atoms with Crippen molar-refractivity contribution in [2.45, 2.75) is 22.2 Å². The number of carbonyl (C=O) groups excluding carboxylic acids is 1.